The summed E-state index contributed by atoms with van der Waals surface area (Å²) in [6.45, 7) is 0. The Bertz CT molecular complexity index is 945. The molecule has 0 saturated carbocycles. The van der Waals surface area contributed by atoms with Crippen LogP contribution in [-0.2, 0) is 0 Å². The molecule has 2 N–H and O–H groups in total. The summed E-state index contributed by atoms with van der Waals surface area (Å²) in [5.74, 6) is 0.314. The van der Waals surface area contributed by atoms with Crippen molar-refractivity contribution in [2.45, 2.75) is 0 Å². The zero-order valence-electron chi connectivity index (χ0n) is 14.8. The number of hydrogen-bond donors (Lipinski definition) is 2. The molecule has 0 fully saturated rings. The van der Waals surface area contributed by atoms with Crippen molar-refractivity contribution in [2.75, 3.05) is 24.9 Å². The van der Waals surface area contributed by atoms with Gasteiger partial charge in [0.05, 0.1) is 37.5 Å². The van der Waals surface area contributed by atoms with Crippen LogP contribution in [0.5, 0.6) is 11.5 Å². The SMILES string of the molecule is COc1ccc(OC)c(NC(=O)c2ccc(Nc3ccccc3F)cn2)c1. The fourth-order valence-electron chi connectivity index (χ4n) is 2.42. The van der Waals surface area contributed by atoms with Crippen LogP contribution < -0.4 is 20.1 Å². The average molecular weight is 367 g/mol. The minimum absolute atomic E-state index is 0.207. The molecular weight excluding hydrogens is 349 g/mol. The smallest absolute Gasteiger partial charge is 0.274 e. The minimum atomic E-state index is -0.404. The van der Waals surface area contributed by atoms with Crippen molar-refractivity contribution in [1.82, 2.24) is 4.98 Å². The van der Waals surface area contributed by atoms with Crippen molar-refractivity contribution in [3.63, 3.8) is 0 Å². The Kier molecular flexibility index (Phi) is 5.51. The van der Waals surface area contributed by atoms with Crippen LogP contribution in [0.15, 0.2) is 60.8 Å². The maximum atomic E-state index is 13.7. The summed E-state index contributed by atoms with van der Waals surface area (Å²) in [5, 5.41) is 5.66. The van der Waals surface area contributed by atoms with Gasteiger partial charge in [-0.1, -0.05) is 12.1 Å². The molecule has 3 rings (SSSR count). The van der Waals surface area contributed by atoms with Gasteiger partial charge in [-0.25, -0.2) is 9.37 Å². The lowest BCUT2D eigenvalue weighted by Crippen LogP contribution is -2.14. The maximum Gasteiger partial charge on any atom is 0.274 e. The topological polar surface area (TPSA) is 72.5 Å². The molecule has 1 heterocycles. The number of rotatable bonds is 6. The van der Waals surface area contributed by atoms with Gasteiger partial charge in [0.1, 0.15) is 23.0 Å². The molecule has 0 aliphatic heterocycles. The van der Waals surface area contributed by atoms with Crippen molar-refractivity contribution >= 4 is 23.0 Å². The summed E-state index contributed by atoms with van der Waals surface area (Å²) in [6.07, 6.45) is 1.46. The zero-order chi connectivity index (χ0) is 19.2. The molecule has 7 heteroatoms. The molecule has 0 spiro atoms. The quantitative estimate of drug-likeness (QED) is 0.682. The predicted molar refractivity (Wildman–Crippen MR) is 101 cm³/mol. The molecule has 0 aliphatic carbocycles. The van der Waals surface area contributed by atoms with E-state index >= 15 is 0 Å². The van der Waals surface area contributed by atoms with Gasteiger partial charge in [-0.2, -0.15) is 0 Å². The number of hydrogen-bond acceptors (Lipinski definition) is 5. The molecule has 1 amide bonds. The molecular formula is C20H18FN3O3. The number of benzene rings is 2. The first-order chi connectivity index (χ1) is 13.1. The van der Waals surface area contributed by atoms with Gasteiger partial charge in [0.2, 0.25) is 0 Å². The van der Waals surface area contributed by atoms with Crippen molar-refractivity contribution in [1.29, 1.82) is 0 Å². The van der Waals surface area contributed by atoms with Gasteiger partial charge in [-0.15, -0.1) is 0 Å². The van der Waals surface area contributed by atoms with Crippen LogP contribution in [-0.4, -0.2) is 25.1 Å². The first-order valence-corrected chi connectivity index (χ1v) is 8.11. The van der Waals surface area contributed by atoms with E-state index in [1.54, 1.807) is 48.5 Å². The number of halogens is 1. The number of para-hydroxylation sites is 1. The van der Waals surface area contributed by atoms with Crippen LogP contribution >= 0.6 is 0 Å². The van der Waals surface area contributed by atoms with Crippen LogP contribution in [0.1, 0.15) is 10.5 Å². The number of pyridine rings is 1. The second kappa shape index (κ2) is 8.18. The molecule has 0 radical (unpaired) electrons. The van der Waals surface area contributed by atoms with E-state index in [-0.39, 0.29) is 11.5 Å². The number of ether oxygens (including phenoxy) is 2. The summed E-state index contributed by atoms with van der Waals surface area (Å²) in [7, 11) is 3.05. The predicted octanol–water partition coefficient (Wildman–Crippen LogP) is 4.23. The summed E-state index contributed by atoms with van der Waals surface area (Å²) < 4.78 is 24.1. The molecule has 0 saturated heterocycles. The molecule has 1 aromatic heterocycles. The number of nitrogens with zero attached hydrogens (tertiary/aromatic N) is 1. The maximum absolute atomic E-state index is 13.7. The minimum Gasteiger partial charge on any atom is -0.497 e. The average Bonchev–Trinajstić information content (AvgIpc) is 2.70. The molecule has 0 atom stereocenters. The Balaban J connectivity index is 1.74. The van der Waals surface area contributed by atoms with E-state index in [1.807, 2.05) is 0 Å². The van der Waals surface area contributed by atoms with E-state index in [1.165, 1.54) is 26.5 Å². The fraction of sp³-hybridized carbons (Fsp3) is 0.100. The highest BCUT2D eigenvalue weighted by atomic mass is 19.1. The molecule has 138 valence electrons. The first kappa shape index (κ1) is 18.2. The van der Waals surface area contributed by atoms with Crippen LogP contribution in [0.25, 0.3) is 0 Å². The second-order valence-corrected chi connectivity index (χ2v) is 5.56. The lowest BCUT2D eigenvalue weighted by molar-refractivity contribution is 0.102. The molecule has 0 unspecified atom stereocenters. The van der Waals surface area contributed by atoms with Crippen LogP contribution in [0.2, 0.25) is 0 Å². The van der Waals surface area contributed by atoms with Crippen molar-refractivity contribution in [2.24, 2.45) is 0 Å². The number of anilines is 3. The van der Waals surface area contributed by atoms with Gasteiger partial charge in [0, 0.05) is 6.07 Å². The van der Waals surface area contributed by atoms with E-state index in [9.17, 15) is 9.18 Å². The lowest BCUT2D eigenvalue weighted by atomic mass is 10.2. The Morgan fingerprint density at radius 3 is 2.48 bits per heavy atom. The van der Waals surface area contributed by atoms with E-state index in [2.05, 4.69) is 15.6 Å². The second-order valence-electron chi connectivity index (χ2n) is 5.56. The number of carbonyl (C=O) groups excluding carboxylic acids is 1. The number of amides is 1. The number of carbonyl (C=O) groups is 1. The highest BCUT2D eigenvalue weighted by molar-refractivity contribution is 6.03. The highest BCUT2D eigenvalue weighted by Crippen LogP contribution is 2.29. The van der Waals surface area contributed by atoms with E-state index < -0.39 is 5.91 Å². The van der Waals surface area contributed by atoms with E-state index in [0.29, 0.717) is 28.6 Å². The van der Waals surface area contributed by atoms with Gasteiger partial charge in [-0.05, 0) is 36.4 Å². The van der Waals surface area contributed by atoms with Crippen LogP contribution in [0, 0.1) is 5.82 Å². The Hall–Kier alpha value is -3.61. The normalized spacial score (nSPS) is 10.2. The molecule has 27 heavy (non-hydrogen) atoms. The number of nitrogens with one attached hydrogen (secondary N) is 2. The number of aromatic nitrogens is 1. The van der Waals surface area contributed by atoms with Gasteiger partial charge in [0.15, 0.2) is 0 Å². The third kappa shape index (κ3) is 4.33. The molecule has 6 nitrogen and oxygen atoms in total. The van der Waals surface area contributed by atoms with E-state index in [4.69, 9.17) is 9.47 Å². The monoisotopic (exact) mass is 367 g/mol. The summed E-state index contributed by atoms with van der Waals surface area (Å²) in [4.78, 5) is 16.6. The lowest BCUT2D eigenvalue weighted by Gasteiger charge is -2.12. The molecule has 0 aliphatic rings. The third-order valence-corrected chi connectivity index (χ3v) is 3.80. The zero-order valence-corrected chi connectivity index (χ0v) is 14.8. The first-order valence-electron chi connectivity index (χ1n) is 8.11. The van der Waals surface area contributed by atoms with Gasteiger partial charge in [0.25, 0.3) is 5.91 Å². The van der Waals surface area contributed by atoms with E-state index in [0.717, 1.165) is 0 Å². The highest BCUT2D eigenvalue weighted by Gasteiger charge is 2.12. The third-order valence-electron chi connectivity index (χ3n) is 3.80. The molecule has 2 aromatic carbocycles. The standard InChI is InChI=1S/C20H18FN3O3/c1-26-14-8-10-19(27-2)18(11-14)24-20(25)17-9-7-13(12-22-17)23-16-6-4-3-5-15(16)21/h3-12,23H,1-2H3,(H,24,25). The van der Waals surface area contributed by atoms with Gasteiger partial charge in [-0.3, -0.25) is 4.79 Å². The largest absolute Gasteiger partial charge is 0.497 e. The summed E-state index contributed by atoms with van der Waals surface area (Å²) >= 11 is 0. The summed E-state index contributed by atoms with van der Waals surface area (Å²) in [6, 6.07) is 14.6. The Labute approximate surface area is 156 Å². The molecule has 0 bridgehead atoms. The summed E-state index contributed by atoms with van der Waals surface area (Å²) in [5.41, 5.74) is 1.57. The van der Waals surface area contributed by atoms with Crippen molar-refractivity contribution in [3.05, 3.63) is 72.3 Å². The van der Waals surface area contributed by atoms with Gasteiger partial charge < -0.3 is 20.1 Å². The molecule has 3 aromatic rings. The Morgan fingerprint density at radius 1 is 1.00 bits per heavy atom. The fourth-order valence-corrected chi connectivity index (χ4v) is 2.42. The van der Waals surface area contributed by atoms with Crippen LogP contribution in [0.3, 0.4) is 0 Å². The van der Waals surface area contributed by atoms with Crippen molar-refractivity contribution < 1.29 is 18.7 Å². The Morgan fingerprint density at radius 2 is 1.81 bits per heavy atom. The van der Waals surface area contributed by atoms with Crippen LogP contribution in [0.4, 0.5) is 21.5 Å². The van der Waals surface area contributed by atoms with Crippen molar-refractivity contribution in [3.8, 4) is 11.5 Å². The van der Waals surface area contributed by atoms with Gasteiger partial charge >= 0.3 is 0 Å². The number of methoxy groups -OCH3 is 2.